The van der Waals surface area contributed by atoms with E-state index in [4.69, 9.17) is 18.9 Å². The summed E-state index contributed by atoms with van der Waals surface area (Å²) in [5, 5.41) is 7.31. The molecule has 0 saturated heterocycles. The number of esters is 1. The molecule has 3 aromatic carbocycles. The van der Waals surface area contributed by atoms with Gasteiger partial charge in [0.1, 0.15) is 12.4 Å². The van der Waals surface area contributed by atoms with Crippen molar-refractivity contribution in [1.29, 1.82) is 0 Å². The monoisotopic (exact) mass is 456 g/mol. The minimum atomic E-state index is -0.325. The SMILES string of the molecule is COc1ccc(-c2[nH]nc3c2[C@@H](c2ccc(OCc4ccccc4)c(OC)c2)CC(=O)O3)cc1. The van der Waals surface area contributed by atoms with Crippen LogP contribution in [0.4, 0.5) is 0 Å². The molecule has 1 N–H and O–H groups in total. The van der Waals surface area contributed by atoms with Crippen LogP contribution in [0.1, 0.15) is 29.0 Å². The Bertz CT molecular complexity index is 1300. The van der Waals surface area contributed by atoms with Gasteiger partial charge in [0, 0.05) is 11.5 Å². The van der Waals surface area contributed by atoms with E-state index in [0.717, 1.165) is 33.7 Å². The number of carbonyl (C=O) groups excluding carboxylic acids is 1. The predicted octanol–water partition coefficient (Wildman–Crippen LogP) is 5.11. The first kappa shape index (κ1) is 21.6. The highest BCUT2D eigenvalue weighted by molar-refractivity contribution is 5.80. The third-order valence-electron chi connectivity index (χ3n) is 5.90. The number of hydrogen-bond donors (Lipinski definition) is 1. The molecule has 7 heteroatoms. The van der Waals surface area contributed by atoms with Crippen molar-refractivity contribution < 1.29 is 23.7 Å². The summed E-state index contributed by atoms with van der Waals surface area (Å²) >= 11 is 0. The molecule has 0 bridgehead atoms. The zero-order chi connectivity index (χ0) is 23.5. The van der Waals surface area contributed by atoms with Crippen LogP contribution < -0.4 is 18.9 Å². The van der Waals surface area contributed by atoms with E-state index in [1.807, 2.05) is 72.8 Å². The molecule has 0 fully saturated rings. The van der Waals surface area contributed by atoms with E-state index in [1.165, 1.54) is 0 Å². The first-order chi connectivity index (χ1) is 16.7. The third-order valence-corrected chi connectivity index (χ3v) is 5.90. The lowest BCUT2D eigenvalue weighted by molar-refractivity contribution is -0.135. The first-order valence-corrected chi connectivity index (χ1v) is 10.9. The smallest absolute Gasteiger partial charge is 0.313 e. The number of nitrogens with zero attached hydrogens (tertiary/aromatic N) is 1. The van der Waals surface area contributed by atoms with Crippen LogP contribution in [0, 0.1) is 0 Å². The van der Waals surface area contributed by atoms with Crippen LogP contribution in [0.25, 0.3) is 11.3 Å². The molecule has 1 aliphatic rings. The Hall–Kier alpha value is -4.26. The van der Waals surface area contributed by atoms with E-state index in [1.54, 1.807) is 14.2 Å². The first-order valence-electron chi connectivity index (χ1n) is 10.9. The van der Waals surface area contributed by atoms with E-state index < -0.39 is 0 Å². The standard InChI is InChI=1S/C27H24N2O5/c1-31-20-11-8-18(9-12-20)26-25-21(15-24(30)34-27(25)29-28-26)19-10-13-22(23(14-19)32-2)33-16-17-6-4-3-5-7-17/h3-14,21H,15-16H2,1-2H3,(H,28,29)/t21-/m1/s1. The molecular weight excluding hydrogens is 432 g/mol. The Balaban J connectivity index is 1.48. The van der Waals surface area contributed by atoms with Crippen molar-refractivity contribution in [3.8, 4) is 34.4 Å². The fraction of sp³-hybridized carbons (Fsp3) is 0.185. The van der Waals surface area contributed by atoms with Crippen LogP contribution in [0.5, 0.6) is 23.1 Å². The number of aromatic amines is 1. The van der Waals surface area contributed by atoms with Crippen molar-refractivity contribution in [2.45, 2.75) is 18.9 Å². The second kappa shape index (κ2) is 9.31. The number of nitrogens with one attached hydrogen (secondary N) is 1. The minimum absolute atomic E-state index is 0.197. The average Bonchev–Trinajstić information content (AvgIpc) is 3.31. The largest absolute Gasteiger partial charge is 0.497 e. The second-order valence-electron chi connectivity index (χ2n) is 7.96. The quantitative estimate of drug-likeness (QED) is 0.389. The highest BCUT2D eigenvalue weighted by Crippen LogP contribution is 2.44. The molecule has 5 rings (SSSR count). The van der Waals surface area contributed by atoms with Crippen molar-refractivity contribution in [3.63, 3.8) is 0 Å². The van der Waals surface area contributed by atoms with E-state index in [-0.39, 0.29) is 18.3 Å². The van der Waals surface area contributed by atoms with Gasteiger partial charge in [-0.25, -0.2) is 0 Å². The molecule has 172 valence electrons. The van der Waals surface area contributed by atoms with Crippen LogP contribution in [-0.4, -0.2) is 30.4 Å². The number of H-pyrrole nitrogens is 1. The van der Waals surface area contributed by atoms with E-state index in [9.17, 15) is 4.79 Å². The van der Waals surface area contributed by atoms with Crippen molar-refractivity contribution in [3.05, 3.63) is 89.5 Å². The van der Waals surface area contributed by atoms with Gasteiger partial charge in [-0.05, 0) is 47.5 Å². The molecule has 34 heavy (non-hydrogen) atoms. The third kappa shape index (κ3) is 4.20. The molecule has 1 aliphatic heterocycles. The van der Waals surface area contributed by atoms with Gasteiger partial charge in [-0.15, -0.1) is 5.10 Å². The van der Waals surface area contributed by atoms with E-state index in [2.05, 4.69) is 10.2 Å². The van der Waals surface area contributed by atoms with Gasteiger partial charge in [-0.2, -0.15) is 0 Å². The molecular formula is C27H24N2O5. The van der Waals surface area contributed by atoms with Gasteiger partial charge in [0.2, 0.25) is 5.88 Å². The molecule has 0 unspecified atom stereocenters. The molecule has 0 aliphatic carbocycles. The second-order valence-corrected chi connectivity index (χ2v) is 7.96. The maximum atomic E-state index is 12.4. The lowest BCUT2D eigenvalue weighted by Gasteiger charge is -2.23. The van der Waals surface area contributed by atoms with Crippen molar-refractivity contribution in [2.24, 2.45) is 0 Å². The fourth-order valence-electron chi connectivity index (χ4n) is 4.17. The van der Waals surface area contributed by atoms with Gasteiger partial charge in [0.25, 0.3) is 0 Å². The highest BCUT2D eigenvalue weighted by Gasteiger charge is 2.34. The highest BCUT2D eigenvalue weighted by atomic mass is 16.5. The van der Waals surface area contributed by atoms with Crippen LogP contribution in [0.3, 0.4) is 0 Å². The van der Waals surface area contributed by atoms with Gasteiger partial charge < -0.3 is 18.9 Å². The van der Waals surface area contributed by atoms with Crippen molar-refractivity contribution in [1.82, 2.24) is 10.2 Å². The number of ether oxygens (including phenoxy) is 4. The summed E-state index contributed by atoms with van der Waals surface area (Å²) in [5.74, 6) is 1.73. The lowest BCUT2D eigenvalue weighted by Crippen LogP contribution is -2.21. The topological polar surface area (TPSA) is 82.7 Å². The van der Waals surface area contributed by atoms with Crippen LogP contribution in [0.15, 0.2) is 72.8 Å². The number of aromatic nitrogens is 2. The fourth-order valence-corrected chi connectivity index (χ4v) is 4.17. The molecule has 0 spiro atoms. The summed E-state index contributed by atoms with van der Waals surface area (Å²) < 4.78 is 22.3. The summed E-state index contributed by atoms with van der Waals surface area (Å²) in [7, 11) is 3.23. The van der Waals surface area contributed by atoms with Gasteiger partial charge in [0.05, 0.1) is 31.9 Å². The van der Waals surface area contributed by atoms with Crippen LogP contribution in [-0.2, 0) is 11.4 Å². The molecule has 4 aromatic rings. The van der Waals surface area contributed by atoms with Gasteiger partial charge in [0.15, 0.2) is 11.5 Å². The predicted molar refractivity (Wildman–Crippen MR) is 126 cm³/mol. The normalized spacial score (nSPS) is 14.8. The number of fused-ring (bicyclic) bond motifs is 1. The van der Waals surface area contributed by atoms with Crippen LogP contribution >= 0.6 is 0 Å². The molecule has 0 amide bonds. The zero-order valence-electron chi connectivity index (χ0n) is 18.9. The average molecular weight is 456 g/mol. The molecule has 0 saturated carbocycles. The number of rotatable bonds is 7. The number of hydrogen-bond acceptors (Lipinski definition) is 6. The Morgan fingerprint density at radius 3 is 2.50 bits per heavy atom. The summed E-state index contributed by atoms with van der Waals surface area (Å²) in [4.78, 5) is 12.4. The van der Waals surface area contributed by atoms with Gasteiger partial charge >= 0.3 is 5.97 Å². The maximum absolute atomic E-state index is 12.4. The molecule has 1 aromatic heterocycles. The summed E-state index contributed by atoms with van der Waals surface area (Å²) in [6.07, 6.45) is 0.197. The van der Waals surface area contributed by atoms with Crippen molar-refractivity contribution in [2.75, 3.05) is 14.2 Å². The Morgan fingerprint density at radius 2 is 1.76 bits per heavy atom. The number of carbonyl (C=O) groups is 1. The summed E-state index contributed by atoms with van der Waals surface area (Å²) in [5.41, 5.74) is 4.55. The Kier molecular flexibility index (Phi) is 5.91. The Labute approximate surface area is 197 Å². The molecule has 7 nitrogen and oxygen atoms in total. The summed E-state index contributed by atoms with van der Waals surface area (Å²) in [6.45, 7) is 0.430. The van der Waals surface area contributed by atoms with Crippen LogP contribution in [0.2, 0.25) is 0 Å². The number of benzene rings is 3. The van der Waals surface area contributed by atoms with Crippen molar-refractivity contribution >= 4 is 5.97 Å². The summed E-state index contributed by atoms with van der Waals surface area (Å²) in [6, 6.07) is 23.4. The minimum Gasteiger partial charge on any atom is -0.497 e. The van der Waals surface area contributed by atoms with Gasteiger partial charge in [-0.3, -0.25) is 9.89 Å². The lowest BCUT2D eigenvalue weighted by atomic mass is 9.85. The molecule has 0 radical (unpaired) electrons. The molecule has 2 heterocycles. The Morgan fingerprint density at radius 1 is 0.971 bits per heavy atom. The van der Waals surface area contributed by atoms with E-state index >= 15 is 0 Å². The number of methoxy groups -OCH3 is 2. The maximum Gasteiger partial charge on any atom is 0.313 e. The zero-order valence-corrected chi connectivity index (χ0v) is 18.9. The molecule has 1 atom stereocenters. The van der Waals surface area contributed by atoms with Gasteiger partial charge in [-0.1, -0.05) is 36.4 Å². The van der Waals surface area contributed by atoms with E-state index in [0.29, 0.717) is 24.0 Å².